The van der Waals surface area contributed by atoms with Crippen LogP contribution in [0, 0.1) is 11.3 Å². The molecule has 0 bridgehead atoms. The van der Waals surface area contributed by atoms with Gasteiger partial charge in [-0.2, -0.15) is 0 Å². The van der Waals surface area contributed by atoms with E-state index < -0.39 is 5.97 Å². The molecule has 2 aliphatic heterocycles. The highest BCUT2D eigenvalue weighted by atomic mass is 79.9. The number of aryl methyl sites for hydroxylation is 1. The number of hydrogen-bond donors (Lipinski definition) is 3. The fourth-order valence-electron chi connectivity index (χ4n) is 5.66. The lowest BCUT2D eigenvalue weighted by Crippen LogP contribution is -2.64. The predicted octanol–water partition coefficient (Wildman–Crippen LogP) is 5.03. The van der Waals surface area contributed by atoms with Crippen LogP contribution < -0.4 is 10.6 Å². The molecule has 2 aromatic rings. The normalized spacial score (nSPS) is 18.2. The molecule has 1 saturated heterocycles. The zero-order valence-corrected chi connectivity index (χ0v) is 24.4. The van der Waals surface area contributed by atoms with Crippen molar-refractivity contribution in [3.8, 4) is 0 Å². The minimum Gasteiger partial charge on any atom is -0.481 e. The Hall–Kier alpha value is -2.45. The monoisotopic (exact) mass is 584 g/mol. The Balaban J connectivity index is 0.000000257. The van der Waals surface area contributed by atoms with Gasteiger partial charge in [0.05, 0.1) is 6.42 Å². The number of likely N-dealkylation sites (tertiary alicyclic amines) is 1. The van der Waals surface area contributed by atoms with Crippen LogP contribution in [0.5, 0.6) is 0 Å². The van der Waals surface area contributed by atoms with Crippen LogP contribution in [0.15, 0.2) is 40.9 Å². The van der Waals surface area contributed by atoms with Gasteiger partial charge in [-0.1, -0.05) is 54.9 Å². The zero-order chi connectivity index (χ0) is 27.3. The number of carboxylic acids is 1. The first kappa shape index (κ1) is 28.6. The number of aromatic nitrogens is 1. The van der Waals surface area contributed by atoms with Crippen LogP contribution in [-0.4, -0.2) is 59.6 Å². The van der Waals surface area contributed by atoms with Gasteiger partial charge in [-0.25, -0.2) is 4.98 Å². The third-order valence-electron chi connectivity index (χ3n) is 7.81. The van der Waals surface area contributed by atoms with Crippen molar-refractivity contribution in [1.29, 1.82) is 0 Å². The minimum absolute atomic E-state index is 0.0103. The topological polar surface area (TPSA) is 94.6 Å². The van der Waals surface area contributed by atoms with Gasteiger partial charge in [-0.15, -0.1) is 0 Å². The maximum Gasteiger partial charge on any atom is 0.305 e. The molecule has 3 aliphatic rings. The maximum absolute atomic E-state index is 12.0. The van der Waals surface area contributed by atoms with E-state index in [9.17, 15) is 9.59 Å². The first-order chi connectivity index (χ1) is 18.0. The SMILES string of the molecule is CC(C)(C)c1cccc(Br)c1.O=C(O)CCNC(=O)C1CC2(C1)CN(CCc1ccc3c(n1)NCCC3)C2. The zero-order valence-electron chi connectivity index (χ0n) is 22.9. The molecule has 38 heavy (non-hydrogen) atoms. The summed E-state index contributed by atoms with van der Waals surface area (Å²) in [6.07, 6.45) is 5.12. The number of halogens is 1. The van der Waals surface area contributed by atoms with E-state index in [1.807, 2.05) is 0 Å². The number of carbonyl (C=O) groups is 2. The van der Waals surface area contributed by atoms with E-state index in [-0.39, 0.29) is 30.2 Å². The molecule has 0 radical (unpaired) electrons. The number of aliphatic carboxylic acids is 1. The van der Waals surface area contributed by atoms with Crippen LogP contribution in [0.4, 0.5) is 5.82 Å². The summed E-state index contributed by atoms with van der Waals surface area (Å²) in [5.41, 5.74) is 4.42. The summed E-state index contributed by atoms with van der Waals surface area (Å²) in [5, 5.41) is 14.7. The van der Waals surface area contributed by atoms with Crippen molar-refractivity contribution in [2.24, 2.45) is 11.3 Å². The van der Waals surface area contributed by atoms with E-state index in [2.05, 4.69) is 88.6 Å². The van der Waals surface area contributed by atoms with Gasteiger partial charge in [-0.05, 0) is 65.8 Å². The van der Waals surface area contributed by atoms with Gasteiger partial charge in [0, 0.05) is 55.2 Å². The van der Waals surface area contributed by atoms with Crippen LogP contribution >= 0.6 is 15.9 Å². The molecular weight excluding hydrogens is 544 g/mol. The number of carboxylic acid groups (broad SMARTS) is 1. The van der Waals surface area contributed by atoms with Crippen LogP contribution in [0.1, 0.15) is 63.3 Å². The number of amides is 1. The molecule has 8 heteroatoms. The van der Waals surface area contributed by atoms with Crippen LogP contribution in [0.2, 0.25) is 0 Å². The second kappa shape index (κ2) is 12.2. The number of anilines is 1. The largest absolute Gasteiger partial charge is 0.481 e. The third-order valence-corrected chi connectivity index (χ3v) is 8.31. The van der Waals surface area contributed by atoms with Gasteiger partial charge in [0.25, 0.3) is 0 Å². The summed E-state index contributed by atoms with van der Waals surface area (Å²) in [6, 6.07) is 12.8. The Morgan fingerprint density at radius 3 is 2.63 bits per heavy atom. The van der Waals surface area contributed by atoms with Crippen LogP contribution in [0.3, 0.4) is 0 Å². The summed E-state index contributed by atoms with van der Waals surface area (Å²) in [4.78, 5) is 29.7. The number of nitrogens with zero attached hydrogens (tertiary/aromatic N) is 2. The first-order valence-electron chi connectivity index (χ1n) is 13.7. The Bertz CT molecular complexity index is 1130. The summed E-state index contributed by atoms with van der Waals surface area (Å²) >= 11 is 3.45. The summed E-state index contributed by atoms with van der Waals surface area (Å²) < 4.78 is 1.16. The van der Waals surface area contributed by atoms with E-state index in [1.54, 1.807) is 0 Å². The number of benzene rings is 1. The highest BCUT2D eigenvalue weighted by molar-refractivity contribution is 9.10. The average molecular weight is 586 g/mol. The quantitative estimate of drug-likeness (QED) is 0.422. The second-order valence-electron chi connectivity index (χ2n) is 12.1. The van der Waals surface area contributed by atoms with E-state index in [0.717, 1.165) is 67.8 Å². The molecule has 1 saturated carbocycles. The Labute approximate surface area is 234 Å². The molecular formula is C30H41BrN4O3. The van der Waals surface area contributed by atoms with Crippen LogP contribution in [0.25, 0.3) is 0 Å². The van der Waals surface area contributed by atoms with Crippen molar-refractivity contribution in [1.82, 2.24) is 15.2 Å². The molecule has 3 N–H and O–H groups in total. The van der Waals surface area contributed by atoms with Gasteiger partial charge < -0.3 is 20.6 Å². The second-order valence-corrected chi connectivity index (χ2v) is 13.0. The molecule has 0 atom stereocenters. The highest BCUT2D eigenvalue weighted by Crippen LogP contribution is 2.51. The lowest BCUT2D eigenvalue weighted by atomic mass is 9.57. The smallest absolute Gasteiger partial charge is 0.305 e. The van der Waals surface area contributed by atoms with Crippen molar-refractivity contribution in [2.75, 3.05) is 38.0 Å². The fourth-order valence-corrected chi connectivity index (χ4v) is 6.06. The van der Waals surface area contributed by atoms with E-state index in [4.69, 9.17) is 10.1 Å². The minimum atomic E-state index is -0.876. The fraction of sp³-hybridized carbons (Fsp3) is 0.567. The Morgan fingerprint density at radius 2 is 1.97 bits per heavy atom. The predicted molar refractivity (Wildman–Crippen MR) is 154 cm³/mol. The van der Waals surface area contributed by atoms with Crippen LogP contribution in [-0.2, 0) is 27.8 Å². The Kier molecular flexibility index (Phi) is 9.14. The van der Waals surface area contributed by atoms with E-state index in [0.29, 0.717) is 5.41 Å². The molecule has 3 heterocycles. The molecule has 1 spiro atoms. The Morgan fingerprint density at radius 1 is 1.21 bits per heavy atom. The number of fused-ring (bicyclic) bond motifs is 1. The molecule has 5 rings (SSSR count). The van der Waals surface area contributed by atoms with Gasteiger partial charge in [0.2, 0.25) is 5.91 Å². The van der Waals surface area contributed by atoms with Crippen molar-refractivity contribution in [3.63, 3.8) is 0 Å². The molecule has 1 amide bonds. The molecule has 0 unspecified atom stereocenters. The van der Waals surface area contributed by atoms with Crippen molar-refractivity contribution in [2.45, 2.75) is 64.7 Å². The standard InChI is InChI=1S/C20H28N4O3.C10H13Br/c25-17(26)5-8-22-19(27)15-10-20(11-15)12-24(13-20)9-6-16-4-3-14-2-1-7-21-18(14)23-16;1-10(2,3)8-5-4-6-9(11)7-8/h3-4,15H,1-2,5-13H2,(H,21,23)(H,22,27)(H,25,26);4-7H,1-3H3. The van der Waals surface area contributed by atoms with Crippen molar-refractivity contribution in [3.05, 3.63) is 57.7 Å². The first-order valence-corrected chi connectivity index (χ1v) is 14.5. The third kappa shape index (κ3) is 7.56. The molecule has 2 fully saturated rings. The molecule has 1 aromatic heterocycles. The summed E-state index contributed by atoms with van der Waals surface area (Å²) in [6.45, 7) is 11.0. The van der Waals surface area contributed by atoms with Crippen molar-refractivity contribution < 1.29 is 14.7 Å². The van der Waals surface area contributed by atoms with E-state index >= 15 is 0 Å². The molecule has 7 nitrogen and oxygen atoms in total. The van der Waals surface area contributed by atoms with Gasteiger partial charge in [0.15, 0.2) is 0 Å². The average Bonchev–Trinajstić information content (AvgIpc) is 2.81. The van der Waals surface area contributed by atoms with Gasteiger partial charge in [-0.3, -0.25) is 9.59 Å². The molecule has 206 valence electrons. The maximum atomic E-state index is 12.0. The number of nitrogens with one attached hydrogen (secondary N) is 2. The lowest BCUT2D eigenvalue weighted by Gasteiger charge is -2.58. The number of rotatable bonds is 7. The van der Waals surface area contributed by atoms with E-state index in [1.165, 1.54) is 17.5 Å². The van der Waals surface area contributed by atoms with Crippen molar-refractivity contribution >= 4 is 33.6 Å². The summed E-state index contributed by atoms with van der Waals surface area (Å²) in [7, 11) is 0. The highest BCUT2D eigenvalue weighted by Gasteiger charge is 2.53. The molecule has 1 aromatic carbocycles. The van der Waals surface area contributed by atoms with Gasteiger partial charge in [0.1, 0.15) is 5.82 Å². The molecule has 1 aliphatic carbocycles. The number of carbonyl (C=O) groups excluding carboxylic acids is 1. The number of pyridine rings is 1. The summed E-state index contributed by atoms with van der Waals surface area (Å²) in [5.74, 6) is 0.272. The lowest BCUT2D eigenvalue weighted by molar-refractivity contribution is -0.144. The van der Waals surface area contributed by atoms with Gasteiger partial charge >= 0.3 is 5.97 Å². The number of hydrogen-bond acceptors (Lipinski definition) is 5.